The van der Waals surface area contributed by atoms with E-state index >= 15 is 0 Å². The van der Waals surface area contributed by atoms with Gasteiger partial charge in [0.05, 0.1) is 9.95 Å². The molecule has 0 saturated carbocycles. The highest BCUT2D eigenvalue weighted by molar-refractivity contribution is 6.33. The fraction of sp³-hybridized carbons (Fsp3) is 0.222. The predicted octanol–water partition coefficient (Wildman–Crippen LogP) is 2.63. The third-order valence-electron chi connectivity index (χ3n) is 1.68. The lowest BCUT2D eigenvalue weighted by atomic mass is 10.4. The highest BCUT2D eigenvalue weighted by Crippen LogP contribution is 2.23. The summed E-state index contributed by atoms with van der Waals surface area (Å²) in [6, 6.07) is 1.27. The Balaban J connectivity index is 2.74. The largest absolute Gasteiger partial charge is 0.369 e. The highest BCUT2D eigenvalue weighted by atomic mass is 35.5. The first-order valence-corrected chi connectivity index (χ1v) is 4.67. The molecule has 0 amide bonds. The van der Waals surface area contributed by atoms with Crippen molar-refractivity contribution < 1.29 is 4.92 Å². The minimum atomic E-state index is -0.535. The van der Waals surface area contributed by atoms with Gasteiger partial charge in [-0.3, -0.25) is 10.1 Å². The van der Waals surface area contributed by atoms with E-state index in [1.807, 2.05) is 0 Å². The SMILES string of the molecule is C=CCCNc1ncc([N+](=O)[O-])cc1Cl. The van der Waals surface area contributed by atoms with Gasteiger partial charge in [-0.1, -0.05) is 17.7 Å². The number of pyridine rings is 1. The third kappa shape index (κ3) is 3.21. The van der Waals surface area contributed by atoms with Gasteiger partial charge in [0, 0.05) is 12.6 Å². The normalized spacial score (nSPS) is 9.67. The Hall–Kier alpha value is -1.62. The summed E-state index contributed by atoms with van der Waals surface area (Å²) in [5, 5.41) is 13.6. The quantitative estimate of drug-likeness (QED) is 0.363. The molecule has 0 unspecified atom stereocenters. The van der Waals surface area contributed by atoms with Gasteiger partial charge in [-0.25, -0.2) is 4.98 Å². The van der Waals surface area contributed by atoms with Crippen molar-refractivity contribution in [3.05, 3.63) is 40.1 Å². The van der Waals surface area contributed by atoms with Gasteiger partial charge in [0.1, 0.15) is 12.0 Å². The van der Waals surface area contributed by atoms with Gasteiger partial charge in [-0.15, -0.1) is 6.58 Å². The van der Waals surface area contributed by atoms with Crippen LogP contribution in [0.25, 0.3) is 0 Å². The van der Waals surface area contributed by atoms with Crippen LogP contribution in [0, 0.1) is 10.1 Å². The van der Waals surface area contributed by atoms with E-state index in [1.165, 1.54) is 12.3 Å². The summed E-state index contributed by atoms with van der Waals surface area (Å²) in [5.41, 5.74) is -0.116. The molecule has 1 aromatic heterocycles. The van der Waals surface area contributed by atoms with Gasteiger partial charge in [-0.2, -0.15) is 0 Å². The third-order valence-corrected chi connectivity index (χ3v) is 1.97. The van der Waals surface area contributed by atoms with Crippen LogP contribution < -0.4 is 5.32 Å². The molecule has 0 fully saturated rings. The predicted molar refractivity (Wildman–Crippen MR) is 59.2 cm³/mol. The van der Waals surface area contributed by atoms with Crippen LogP contribution in [-0.2, 0) is 0 Å². The molecule has 0 radical (unpaired) electrons. The Kier molecular flexibility index (Phi) is 4.05. The van der Waals surface area contributed by atoms with Crippen LogP contribution in [0.4, 0.5) is 11.5 Å². The Morgan fingerprint density at radius 3 is 3.00 bits per heavy atom. The average Bonchev–Trinajstić information content (AvgIpc) is 2.20. The molecule has 0 bridgehead atoms. The summed E-state index contributed by atoms with van der Waals surface area (Å²) < 4.78 is 0. The zero-order chi connectivity index (χ0) is 11.3. The second kappa shape index (κ2) is 5.31. The summed E-state index contributed by atoms with van der Waals surface area (Å²) in [4.78, 5) is 13.7. The van der Waals surface area contributed by atoms with E-state index in [0.29, 0.717) is 12.4 Å². The van der Waals surface area contributed by atoms with E-state index in [2.05, 4.69) is 16.9 Å². The van der Waals surface area contributed by atoms with Crippen LogP contribution in [0.1, 0.15) is 6.42 Å². The van der Waals surface area contributed by atoms with Gasteiger partial charge in [0.25, 0.3) is 5.69 Å². The zero-order valence-electron chi connectivity index (χ0n) is 7.94. The van der Waals surface area contributed by atoms with Crippen molar-refractivity contribution in [1.82, 2.24) is 4.98 Å². The Morgan fingerprint density at radius 2 is 2.47 bits per heavy atom. The second-order valence-electron chi connectivity index (χ2n) is 2.79. The number of hydrogen-bond donors (Lipinski definition) is 1. The molecular formula is C9H10ClN3O2. The molecule has 0 spiro atoms. The molecule has 1 heterocycles. The molecule has 0 aliphatic carbocycles. The maximum absolute atomic E-state index is 10.4. The number of nitrogens with zero attached hydrogens (tertiary/aromatic N) is 2. The van der Waals surface area contributed by atoms with Crippen LogP contribution >= 0.6 is 11.6 Å². The van der Waals surface area contributed by atoms with E-state index < -0.39 is 4.92 Å². The van der Waals surface area contributed by atoms with Crippen molar-refractivity contribution in [3.63, 3.8) is 0 Å². The first-order valence-electron chi connectivity index (χ1n) is 4.30. The van der Waals surface area contributed by atoms with Crippen molar-refractivity contribution in [2.24, 2.45) is 0 Å². The van der Waals surface area contributed by atoms with Gasteiger partial charge < -0.3 is 5.32 Å². The van der Waals surface area contributed by atoms with Crippen LogP contribution in [0.2, 0.25) is 5.02 Å². The van der Waals surface area contributed by atoms with E-state index in [4.69, 9.17) is 11.6 Å². The Morgan fingerprint density at radius 1 is 1.73 bits per heavy atom. The van der Waals surface area contributed by atoms with E-state index in [9.17, 15) is 10.1 Å². The van der Waals surface area contributed by atoms with Crippen LogP contribution in [0.3, 0.4) is 0 Å². The van der Waals surface area contributed by atoms with Gasteiger partial charge in [-0.05, 0) is 6.42 Å². The van der Waals surface area contributed by atoms with Crippen molar-refractivity contribution in [1.29, 1.82) is 0 Å². The molecule has 0 atom stereocenters. The molecule has 0 aromatic carbocycles. The number of nitrogens with one attached hydrogen (secondary N) is 1. The van der Waals surface area contributed by atoms with Crippen LogP contribution in [0.15, 0.2) is 24.9 Å². The molecule has 6 heteroatoms. The number of anilines is 1. The van der Waals surface area contributed by atoms with E-state index in [-0.39, 0.29) is 10.7 Å². The lowest BCUT2D eigenvalue weighted by Crippen LogP contribution is -2.03. The van der Waals surface area contributed by atoms with E-state index in [1.54, 1.807) is 6.08 Å². The van der Waals surface area contributed by atoms with Gasteiger partial charge >= 0.3 is 0 Å². The van der Waals surface area contributed by atoms with Crippen LogP contribution in [-0.4, -0.2) is 16.5 Å². The topological polar surface area (TPSA) is 68.1 Å². The number of rotatable bonds is 5. The summed E-state index contributed by atoms with van der Waals surface area (Å²) in [6.45, 7) is 4.22. The molecule has 0 aliphatic heterocycles. The Labute approximate surface area is 91.9 Å². The van der Waals surface area contributed by atoms with Crippen molar-refractivity contribution >= 4 is 23.1 Å². The van der Waals surface area contributed by atoms with Crippen molar-refractivity contribution in [3.8, 4) is 0 Å². The van der Waals surface area contributed by atoms with Gasteiger partial charge in [0.15, 0.2) is 0 Å². The smallest absolute Gasteiger partial charge is 0.289 e. The molecule has 15 heavy (non-hydrogen) atoms. The average molecular weight is 228 g/mol. The summed E-state index contributed by atoms with van der Waals surface area (Å²) in [7, 11) is 0. The molecule has 1 aromatic rings. The fourth-order valence-electron chi connectivity index (χ4n) is 0.950. The lowest BCUT2D eigenvalue weighted by Gasteiger charge is -2.04. The minimum absolute atomic E-state index is 0.116. The maximum Gasteiger partial charge on any atom is 0.289 e. The standard InChI is InChI=1S/C9H10ClN3O2/c1-2-3-4-11-9-8(10)5-7(6-12-9)13(14)15/h2,5-6H,1,3-4H2,(H,11,12). The van der Waals surface area contributed by atoms with Crippen LogP contribution in [0.5, 0.6) is 0 Å². The Bertz CT molecular complexity index is 382. The summed E-state index contributed by atoms with van der Waals surface area (Å²) in [5.74, 6) is 0.448. The monoisotopic (exact) mass is 227 g/mol. The molecule has 80 valence electrons. The van der Waals surface area contributed by atoms with Gasteiger partial charge in [0.2, 0.25) is 0 Å². The first-order chi connectivity index (χ1) is 7.15. The maximum atomic E-state index is 10.4. The molecule has 1 rings (SSSR count). The first kappa shape index (κ1) is 11.5. The van der Waals surface area contributed by atoms with Crippen molar-refractivity contribution in [2.45, 2.75) is 6.42 Å². The number of hydrogen-bond acceptors (Lipinski definition) is 4. The molecule has 0 saturated heterocycles. The summed E-state index contributed by atoms with van der Waals surface area (Å²) >= 11 is 5.80. The fourth-order valence-corrected chi connectivity index (χ4v) is 1.18. The second-order valence-corrected chi connectivity index (χ2v) is 3.19. The van der Waals surface area contributed by atoms with Crippen molar-refractivity contribution in [2.75, 3.05) is 11.9 Å². The zero-order valence-corrected chi connectivity index (χ0v) is 8.70. The molecule has 0 aliphatic rings. The molecular weight excluding hydrogens is 218 g/mol. The minimum Gasteiger partial charge on any atom is -0.369 e. The molecule has 5 nitrogen and oxygen atoms in total. The number of aromatic nitrogens is 1. The van der Waals surface area contributed by atoms with E-state index in [0.717, 1.165) is 6.42 Å². The molecule has 1 N–H and O–H groups in total. The summed E-state index contributed by atoms with van der Waals surface area (Å²) in [6.07, 6.45) is 3.70. The number of halogens is 1. The highest BCUT2D eigenvalue weighted by Gasteiger charge is 2.09. The number of nitro groups is 1. The lowest BCUT2D eigenvalue weighted by molar-refractivity contribution is -0.385.